The smallest absolute Gasteiger partial charge is 0.877 e. The first-order valence-corrected chi connectivity index (χ1v) is 16.0. The molecule has 1 fully saturated rings. The van der Waals surface area contributed by atoms with Gasteiger partial charge in [-0.3, -0.25) is 0 Å². The van der Waals surface area contributed by atoms with Crippen LogP contribution in [0, 0.1) is 11.3 Å². The van der Waals surface area contributed by atoms with E-state index in [1.165, 1.54) is 89.5 Å². The fourth-order valence-electron chi connectivity index (χ4n) is 4.11. The number of hydrogen-bond donors (Lipinski definition) is 0. The van der Waals surface area contributed by atoms with Gasteiger partial charge in [0.2, 0.25) is 0 Å². The first-order valence-electron chi connectivity index (χ1n) is 16.0. The normalized spacial score (nSPS) is 15.6. The first kappa shape index (κ1) is 43.4. The molecule has 0 atom stereocenters. The van der Waals surface area contributed by atoms with Crippen LogP contribution in [0.5, 0.6) is 0 Å². The Balaban J connectivity index is 0. The van der Waals surface area contributed by atoms with Crippen molar-refractivity contribution in [2.75, 3.05) is 72.7 Å². The molecule has 0 radical (unpaired) electrons. The van der Waals surface area contributed by atoms with Crippen LogP contribution < -0.4 is 34.7 Å². The van der Waals surface area contributed by atoms with Gasteiger partial charge in [-0.15, -0.1) is 6.26 Å². The van der Waals surface area contributed by atoms with Crippen LogP contribution in [-0.2, 0) is 33.2 Å². The summed E-state index contributed by atoms with van der Waals surface area (Å²) in [4.78, 5) is 11.3. The van der Waals surface area contributed by atoms with E-state index >= 15 is 0 Å². The molecule has 0 spiro atoms. The summed E-state index contributed by atoms with van der Waals surface area (Å²) >= 11 is 0. The molecule has 0 aromatic rings. The van der Waals surface area contributed by atoms with Gasteiger partial charge in [0, 0.05) is 0 Å². The van der Waals surface area contributed by atoms with E-state index in [2.05, 4.69) is 6.92 Å². The van der Waals surface area contributed by atoms with Gasteiger partial charge < -0.3 is 33.5 Å². The van der Waals surface area contributed by atoms with Crippen molar-refractivity contribution in [1.82, 2.24) is 0 Å². The van der Waals surface area contributed by atoms with E-state index in [0.717, 1.165) is 19.3 Å². The molecule has 0 aromatic carbocycles. The molecular formula is C32H58NNaO8. The molecule has 1 rings (SSSR count). The molecule has 1 heterocycles. The molecule has 0 saturated carbocycles. The van der Waals surface area contributed by atoms with E-state index in [1.54, 1.807) is 0 Å². The average molecular weight is 608 g/mol. The second-order valence-electron chi connectivity index (χ2n) is 10.1. The minimum Gasteiger partial charge on any atom is -0.877 e. The van der Waals surface area contributed by atoms with Crippen LogP contribution in [0.2, 0.25) is 0 Å². The summed E-state index contributed by atoms with van der Waals surface area (Å²) < 4.78 is 31.3. The topological polar surface area (TPSA) is 119 Å². The number of carbonyl (C=O) groups excluding carboxylic acids is 1. The zero-order chi connectivity index (χ0) is 29.9. The number of rotatable bonds is 18. The van der Waals surface area contributed by atoms with Crippen LogP contribution in [0.4, 0.5) is 0 Å². The monoisotopic (exact) mass is 607 g/mol. The molecule has 0 aromatic heterocycles. The number of carbonyl (C=O) groups is 1. The van der Waals surface area contributed by atoms with E-state index in [4.69, 9.17) is 33.7 Å². The predicted molar refractivity (Wildman–Crippen MR) is 158 cm³/mol. The molecule has 0 N–H and O–H groups in total. The Bertz CT molecular complexity index is 572. The Hall–Kier alpha value is -0.700. The minimum atomic E-state index is -0.802. The summed E-state index contributed by atoms with van der Waals surface area (Å²) in [5, 5.41) is 18.9. The van der Waals surface area contributed by atoms with Gasteiger partial charge >= 0.3 is 35.5 Å². The zero-order valence-corrected chi connectivity index (χ0v) is 28.9. The first-order chi connectivity index (χ1) is 20.3. The van der Waals surface area contributed by atoms with Gasteiger partial charge in [-0.05, 0) is 6.42 Å². The average Bonchev–Trinajstić information content (AvgIpc) is 3.00. The van der Waals surface area contributed by atoms with Crippen LogP contribution in [-0.4, -0.2) is 78.6 Å². The maximum Gasteiger partial charge on any atom is 1.00 e. The molecule has 240 valence electrons. The van der Waals surface area contributed by atoms with E-state index in [1.807, 2.05) is 0 Å². The van der Waals surface area contributed by atoms with E-state index in [-0.39, 0.29) is 42.4 Å². The Labute approximate surface area is 278 Å². The predicted octanol–water partition coefficient (Wildman–Crippen LogP) is 2.65. The fourth-order valence-corrected chi connectivity index (χ4v) is 4.11. The summed E-state index contributed by atoms with van der Waals surface area (Å²) in [6, 6.07) is 1.53. The van der Waals surface area contributed by atoms with Gasteiger partial charge in [0.25, 0.3) is 0 Å². The molecular weight excluding hydrogens is 549 g/mol. The van der Waals surface area contributed by atoms with Gasteiger partial charge in [0.15, 0.2) is 0 Å². The summed E-state index contributed by atoms with van der Waals surface area (Å²) in [6.07, 6.45) is 21.0. The van der Waals surface area contributed by atoms with E-state index in [9.17, 15) is 9.90 Å². The van der Waals surface area contributed by atoms with Crippen molar-refractivity contribution in [2.24, 2.45) is 0 Å². The molecule has 10 heteroatoms. The van der Waals surface area contributed by atoms with Crippen molar-refractivity contribution in [3.05, 3.63) is 11.8 Å². The third kappa shape index (κ3) is 33.8. The molecule has 0 bridgehead atoms. The minimum absolute atomic E-state index is 0. The van der Waals surface area contributed by atoms with Crippen molar-refractivity contribution in [3.63, 3.8) is 0 Å². The standard InChI is InChI=1S/C22H39NO3.C10H20O5.Na/c1-2-3-4-5-6-7-8-9-10-11-12-13-14-15-16-17-18-26-22(25)21(19-23)20-24;1-2-12-5-6-14-9-10-15-8-7-13-4-3-11-1;/h20,24H,2-18H2,1H3;1-10H2;/q;;+1/p-1/b21-20-;;. The van der Waals surface area contributed by atoms with Crippen molar-refractivity contribution >= 4 is 5.97 Å². The Kier molecular flexibility index (Phi) is 39.6. The SMILES string of the molecule is C1COCCOCCOCCOCCO1.CCCCCCCCCCCCCCCCCCOC(=O)/C(C#N)=C\[O-].[Na+]. The molecule has 42 heavy (non-hydrogen) atoms. The van der Waals surface area contributed by atoms with Gasteiger partial charge in [-0.25, -0.2) is 4.79 Å². The van der Waals surface area contributed by atoms with Crippen LogP contribution in [0.15, 0.2) is 11.8 Å². The summed E-state index contributed by atoms with van der Waals surface area (Å²) in [7, 11) is 0. The summed E-state index contributed by atoms with van der Waals surface area (Å²) in [5.41, 5.74) is -0.457. The second kappa shape index (κ2) is 38.3. The number of ether oxygens (including phenoxy) is 6. The molecule has 1 aliphatic rings. The second-order valence-corrected chi connectivity index (χ2v) is 10.1. The molecule has 1 saturated heterocycles. The summed E-state index contributed by atoms with van der Waals surface area (Å²) in [6.45, 7) is 8.66. The van der Waals surface area contributed by atoms with Crippen LogP contribution in [0.1, 0.15) is 110 Å². The quantitative estimate of drug-likeness (QED) is 0.0579. The Morgan fingerprint density at radius 3 is 1.17 bits per heavy atom. The zero-order valence-electron chi connectivity index (χ0n) is 26.9. The number of nitrogens with zero attached hydrogens (tertiary/aromatic N) is 1. The number of hydrogen-bond acceptors (Lipinski definition) is 9. The summed E-state index contributed by atoms with van der Waals surface area (Å²) in [5.74, 6) is -0.802. The fraction of sp³-hybridized carbons (Fsp3) is 0.875. The van der Waals surface area contributed by atoms with Crippen molar-refractivity contribution in [3.8, 4) is 6.07 Å². The third-order valence-electron chi connectivity index (χ3n) is 6.55. The van der Waals surface area contributed by atoms with Crippen LogP contribution >= 0.6 is 0 Å². The van der Waals surface area contributed by atoms with Gasteiger partial charge in [0.05, 0.1) is 72.7 Å². The van der Waals surface area contributed by atoms with Crippen molar-refractivity contribution < 1.29 is 67.9 Å². The van der Waals surface area contributed by atoms with Crippen LogP contribution in [0.3, 0.4) is 0 Å². The van der Waals surface area contributed by atoms with E-state index in [0.29, 0.717) is 66.1 Å². The van der Waals surface area contributed by atoms with Gasteiger partial charge in [0.1, 0.15) is 11.6 Å². The van der Waals surface area contributed by atoms with Crippen LogP contribution in [0.25, 0.3) is 0 Å². The molecule has 0 amide bonds. The van der Waals surface area contributed by atoms with Crippen molar-refractivity contribution in [1.29, 1.82) is 5.26 Å². The molecule has 9 nitrogen and oxygen atoms in total. The maximum atomic E-state index is 11.3. The van der Waals surface area contributed by atoms with E-state index < -0.39 is 11.5 Å². The number of unbranched alkanes of at least 4 members (excludes halogenated alkanes) is 15. The molecule has 0 unspecified atom stereocenters. The van der Waals surface area contributed by atoms with Gasteiger partial charge in [-0.1, -0.05) is 103 Å². The molecule has 1 aliphatic heterocycles. The number of esters is 1. The largest absolute Gasteiger partial charge is 1.00 e. The Morgan fingerprint density at radius 1 is 0.619 bits per heavy atom. The van der Waals surface area contributed by atoms with Gasteiger partial charge in [-0.2, -0.15) is 5.26 Å². The third-order valence-corrected chi connectivity index (χ3v) is 6.55. The van der Waals surface area contributed by atoms with Crippen molar-refractivity contribution in [2.45, 2.75) is 110 Å². The maximum absolute atomic E-state index is 11.3. The molecule has 0 aliphatic carbocycles. The Morgan fingerprint density at radius 2 is 0.905 bits per heavy atom. The number of nitriles is 1.